The Hall–Kier alpha value is -2.85. The number of halogens is 3. The third-order valence-electron chi connectivity index (χ3n) is 6.51. The predicted molar refractivity (Wildman–Crippen MR) is 109 cm³/mol. The van der Waals surface area contributed by atoms with E-state index in [4.69, 9.17) is 0 Å². The van der Waals surface area contributed by atoms with Gasteiger partial charge in [0.05, 0.1) is 10.5 Å². The lowest BCUT2D eigenvalue weighted by molar-refractivity contribution is -0.384. The Morgan fingerprint density at radius 1 is 0.875 bits per heavy atom. The summed E-state index contributed by atoms with van der Waals surface area (Å²) in [6.07, 6.45) is -1.81. The van der Waals surface area contributed by atoms with Crippen LogP contribution in [0.25, 0.3) is 0 Å². The molecule has 0 bridgehead atoms. The van der Waals surface area contributed by atoms with E-state index in [1.807, 2.05) is 4.90 Å². The highest BCUT2D eigenvalue weighted by atomic mass is 19.4. The SMILES string of the molecule is O=C(C1CC1)N1CCN(C(=O)C2CCN(c3ccc(C(F)(F)F)cc3[N+](=O)[O-])CC2)CC1. The molecule has 0 aromatic heterocycles. The second kappa shape index (κ2) is 8.59. The fraction of sp³-hybridized carbons (Fsp3) is 0.619. The van der Waals surface area contributed by atoms with Gasteiger partial charge in [-0.05, 0) is 37.8 Å². The zero-order chi connectivity index (χ0) is 23.0. The van der Waals surface area contributed by atoms with Gasteiger partial charge in [0.1, 0.15) is 5.69 Å². The monoisotopic (exact) mass is 454 g/mol. The third-order valence-corrected chi connectivity index (χ3v) is 6.51. The number of hydrogen-bond acceptors (Lipinski definition) is 5. The number of carbonyl (C=O) groups is 2. The van der Waals surface area contributed by atoms with E-state index >= 15 is 0 Å². The molecule has 1 aromatic rings. The van der Waals surface area contributed by atoms with E-state index < -0.39 is 22.4 Å². The molecule has 8 nitrogen and oxygen atoms in total. The first-order valence-electron chi connectivity index (χ1n) is 10.8. The van der Waals surface area contributed by atoms with E-state index in [2.05, 4.69) is 0 Å². The number of nitro benzene ring substituents is 1. The minimum atomic E-state index is -4.66. The van der Waals surface area contributed by atoms with Crippen LogP contribution in [0.2, 0.25) is 0 Å². The molecule has 174 valence electrons. The molecule has 4 rings (SSSR count). The maximum absolute atomic E-state index is 12.9. The van der Waals surface area contributed by atoms with Crippen molar-refractivity contribution in [3.8, 4) is 0 Å². The van der Waals surface area contributed by atoms with E-state index in [9.17, 15) is 32.9 Å². The molecule has 2 heterocycles. The molecule has 3 aliphatic rings. The van der Waals surface area contributed by atoms with E-state index in [0.29, 0.717) is 58.2 Å². The zero-order valence-corrected chi connectivity index (χ0v) is 17.5. The number of carbonyl (C=O) groups excluding carboxylic acids is 2. The zero-order valence-electron chi connectivity index (χ0n) is 17.5. The summed E-state index contributed by atoms with van der Waals surface area (Å²) in [6.45, 7) is 2.78. The summed E-state index contributed by atoms with van der Waals surface area (Å²) in [5.41, 5.74) is -1.50. The number of rotatable bonds is 4. The van der Waals surface area contributed by atoms with Crippen LogP contribution in [0.1, 0.15) is 31.2 Å². The van der Waals surface area contributed by atoms with Gasteiger partial charge in [-0.25, -0.2) is 0 Å². The average Bonchev–Trinajstić information content (AvgIpc) is 3.63. The minimum absolute atomic E-state index is 0.0186. The molecule has 0 spiro atoms. The van der Waals surface area contributed by atoms with Crippen molar-refractivity contribution in [3.05, 3.63) is 33.9 Å². The number of amides is 2. The predicted octanol–water partition coefficient (Wildman–Crippen LogP) is 2.91. The number of nitro groups is 1. The van der Waals surface area contributed by atoms with Gasteiger partial charge in [0.15, 0.2) is 0 Å². The largest absolute Gasteiger partial charge is 0.416 e. The van der Waals surface area contributed by atoms with Crippen LogP contribution in [0.3, 0.4) is 0 Å². The molecule has 32 heavy (non-hydrogen) atoms. The molecule has 11 heteroatoms. The lowest BCUT2D eigenvalue weighted by Gasteiger charge is -2.39. The molecule has 0 unspecified atom stereocenters. The normalized spacial score (nSPS) is 20.4. The van der Waals surface area contributed by atoms with Crippen molar-refractivity contribution in [3.63, 3.8) is 0 Å². The maximum Gasteiger partial charge on any atom is 0.416 e. The van der Waals surface area contributed by atoms with Crippen molar-refractivity contribution >= 4 is 23.2 Å². The molecule has 1 aliphatic carbocycles. The number of piperazine rings is 1. The molecular formula is C21H25F3N4O4. The van der Waals surface area contributed by atoms with Gasteiger partial charge in [-0.2, -0.15) is 13.2 Å². The van der Waals surface area contributed by atoms with Gasteiger partial charge in [0, 0.05) is 57.2 Å². The summed E-state index contributed by atoms with van der Waals surface area (Å²) in [6, 6.07) is 2.55. The van der Waals surface area contributed by atoms with Crippen molar-refractivity contribution in [2.45, 2.75) is 31.9 Å². The van der Waals surface area contributed by atoms with E-state index in [1.54, 1.807) is 9.80 Å². The van der Waals surface area contributed by atoms with Crippen LogP contribution in [0, 0.1) is 22.0 Å². The van der Waals surface area contributed by atoms with Gasteiger partial charge in [-0.1, -0.05) is 0 Å². The van der Waals surface area contributed by atoms with Crippen LogP contribution in [0.15, 0.2) is 18.2 Å². The van der Waals surface area contributed by atoms with Crippen molar-refractivity contribution in [1.29, 1.82) is 0 Å². The highest BCUT2D eigenvalue weighted by molar-refractivity contribution is 5.82. The molecular weight excluding hydrogens is 429 g/mol. The van der Waals surface area contributed by atoms with Crippen molar-refractivity contribution in [1.82, 2.24) is 9.80 Å². The number of anilines is 1. The quantitative estimate of drug-likeness (QED) is 0.516. The molecule has 2 saturated heterocycles. The molecule has 3 fully saturated rings. The first-order chi connectivity index (χ1) is 15.1. The van der Waals surface area contributed by atoms with Crippen LogP contribution >= 0.6 is 0 Å². The molecule has 1 aromatic carbocycles. The van der Waals surface area contributed by atoms with E-state index in [-0.39, 0.29) is 29.3 Å². The first-order valence-corrected chi connectivity index (χ1v) is 10.8. The van der Waals surface area contributed by atoms with Gasteiger partial charge < -0.3 is 14.7 Å². The van der Waals surface area contributed by atoms with Crippen LogP contribution in [0.4, 0.5) is 24.5 Å². The number of piperidine rings is 1. The van der Waals surface area contributed by atoms with Gasteiger partial charge in [-0.15, -0.1) is 0 Å². The topological polar surface area (TPSA) is 87.0 Å². The number of alkyl halides is 3. The number of hydrogen-bond donors (Lipinski definition) is 0. The van der Waals surface area contributed by atoms with Gasteiger partial charge in [0.25, 0.3) is 5.69 Å². The van der Waals surface area contributed by atoms with Crippen molar-refractivity contribution < 1.29 is 27.7 Å². The smallest absolute Gasteiger partial charge is 0.366 e. The van der Waals surface area contributed by atoms with Crippen LogP contribution < -0.4 is 4.90 Å². The third kappa shape index (κ3) is 4.66. The lowest BCUT2D eigenvalue weighted by atomic mass is 9.94. The summed E-state index contributed by atoms with van der Waals surface area (Å²) >= 11 is 0. The molecule has 1 saturated carbocycles. The summed E-state index contributed by atoms with van der Waals surface area (Å²) in [5, 5.41) is 11.4. The first kappa shape index (κ1) is 22.3. The maximum atomic E-state index is 12.9. The molecule has 0 N–H and O–H groups in total. The van der Waals surface area contributed by atoms with Gasteiger partial charge in [0.2, 0.25) is 11.8 Å². The molecule has 2 aliphatic heterocycles. The number of benzene rings is 1. The molecule has 2 amide bonds. The van der Waals surface area contributed by atoms with Crippen LogP contribution in [0.5, 0.6) is 0 Å². The number of nitrogens with zero attached hydrogens (tertiary/aromatic N) is 4. The summed E-state index contributed by atoms with van der Waals surface area (Å²) < 4.78 is 38.8. The second-order valence-corrected chi connectivity index (χ2v) is 8.64. The Labute approximate surface area is 183 Å². The van der Waals surface area contributed by atoms with Crippen molar-refractivity contribution in [2.24, 2.45) is 11.8 Å². The van der Waals surface area contributed by atoms with Crippen molar-refractivity contribution in [2.75, 3.05) is 44.2 Å². The minimum Gasteiger partial charge on any atom is -0.366 e. The van der Waals surface area contributed by atoms with Crippen LogP contribution in [-0.2, 0) is 15.8 Å². The second-order valence-electron chi connectivity index (χ2n) is 8.64. The molecule has 0 atom stereocenters. The fourth-order valence-corrected chi connectivity index (χ4v) is 4.47. The Bertz CT molecular complexity index is 903. The Kier molecular flexibility index (Phi) is 6.00. The van der Waals surface area contributed by atoms with Gasteiger partial charge in [-0.3, -0.25) is 19.7 Å². The van der Waals surface area contributed by atoms with E-state index in [0.717, 1.165) is 25.0 Å². The average molecular weight is 454 g/mol. The lowest BCUT2D eigenvalue weighted by Crippen LogP contribution is -2.53. The van der Waals surface area contributed by atoms with Crippen LogP contribution in [-0.4, -0.2) is 65.8 Å². The highest BCUT2D eigenvalue weighted by Gasteiger charge is 2.38. The van der Waals surface area contributed by atoms with E-state index in [1.165, 1.54) is 0 Å². The fourth-order valence-electron chi connectivity index (χ4n) is 4.47. The van der Waals surface area contributed by atoms with Gasteiger partial charge >= 0.3 is 6.18 Å². The highest BCUT2D eigenvalue weighted by Crippen LogP contribution is 2.38. The summed E-state index contributed by atoms with van der Waals surface area (Å²) in [4.78, 5) is 40.9. The molecule has 0 radical (unpaired) electrons. The Morgan fingerprint density at radius 2 is 1.38 bits per heavy atom. The summed E-state index contributed by atoms with van der Waals surface area (Å²) in [7, 11) is 0. The Morgan fingerprint density at radius 3 is 1.81 bits per heavy atom. The standard InChI is InChI=1S/C21H25F3N4O4/c22-21(23,24)16-3-4-17(18(13-16)28(31)32)25-7-5-15(6-8-25)20(30)27-11-9-26(10-12-27)19(29)14-1-2-14/h3-4,13-15H,1-2,5-12H2. The summed E-state index contributed by atoms with van der Waals surface area (Å²) in [5.74, 6) is 0.134. The Balaban J connectivity index is 1.34.